The molecule has 1 nitrogen and oxygen atoms in total. The predicted octanol–water partition coefficient (Wildman–Crippen LogP) is 4.76. The van der Waals surface area contributed by atoms with Crippen LogP contribution in [0.1, 0.15) is 30.5 Å². The standard InChI is InChI=1S/C17H19ClFN/c1-2-10-20-17(11-13-6-4-3-5-7-13)15-12-14(19)8-9-16(15)18/h3-9,12,17,20H,2,10-11H2,1H3. The molecule has 0 aliphatic heterocycles. The van der Waals surface area contributed by atoms with Gasteiger partial charge >= 0.3 is 0 Å². The van der Waals surface area contributed by atoms with Crippen molar-refractivity contribution >= 4 is 11.6 Å². The molecule has 106 valence electrons. The molecular formula is C17H19ClFN. The molecule has 0 fully saturated rings. The predicted molar refractivity (Wildman–Crippen MR) is 82.6 cm³/mol. The Morgan fingerprint density at radius 1 is 1.15 bits per heavy atom. The van der Waals surface area contributed by atoms with Crippen molar-refractivity contribution in [2.24, 2.45) is 0 Å². The average molecular weight is 292 g/mol. The van der Waals surface area contributed by atoms with Gasteiger partial charge in [-0.1, -0.05) is 48.9 Å². The molecule has 0 saturated carbocycles. The van der Waals surface area contributed by atoms with Gasteiger partial charge in [0.2, 0.25) is 0 Å². The van der Waals surface area contributed by atoms with E-state index >= 15 is 0 Å². The van der Waals surface area contributed by atoms with E-state index in [0.717, 1.165) is 24.9 Å². The lowest BCUT2D eigenvalue weighted by atomic mass is 9.98. The molecule has 0 aliphatic rings. The van der Waals surface area contributed by atoms with Crippen molar-refractivity contribution in [1.82, 2.24) is 5.32 Å². The smallest absolute Gasteiger partial charge is 0.123 e. The van der Waals surface area contributed by atoms with Crippen LogP contribution < -0.4 is 5.32 Å². The third-order valence-electron chi connectivity index (χ3n) is 3.26. The van der Waals surface area contributed by atoms with Crippen LogP contribution in [0, 0.1) is 5.82 Å². The number of nitrogens with one attached hydrogen (secondary N) is 1. The first-order valence-electron chi connectivity index (χ1n) is 6.93. The number of benzene rings is 2. The Labute approximate surface area is 124 Å². The summed E-state index contributed by atoms with van der Waals surface area (Å²) in [5.41, 5.74) is 2.03. The first-order chi connectivity index (χ1) is 9.70. The molecule has 1 N–H and O–H groups in total. The summed E-state index contributed by atoms with van der Waals surface area (Å²) in [4.78, 5) is 0. The van der Waals surface area contributed by atoms with Gasteiger partial charge in [0.15, 0.2) is 0 Å². The number of halogens is 2. The summed E-state index contributed by atoms with van der Waals surface area (Å²) in [7, 11) is 0. The maximum Gasteiger partial charge on any atom is 0.123 e. The second-order valence-electron chi connectivity index (χ2n) is 4.86. The average Bonchev–Trinajstić information content (AvgIpc) is 2.47. The highest BCUT2D eigenvalue weighted by Gasteiger charge is 2.15. The van der Waals surface area contributed by atoms with Gasteiger partial charge in [-0.3, -0.25) is 0 Å². The topological polar surface area (TPSA) is 12.0 Å². The van der Waals surface area contributed by atoms with E-state index in [-0.39, 0.29) is 11.9 Å². The van der Waals surface area contributed by atoms with Crippen LogP contribution in [-0.4, -0.2) is 6.54 Å². The van der Waals surface area contributed by atoms with Gasteiger partial charge in [0.25, 0.3) is 0 Å². The third-order valence-corrected chi connectivity index (χ3v) is 3.60. The molecule has 1 atom stereocenters. The maximum absolute atomic E-state index is 13.5. The fourth-order valence-corrected chi connectivity index (χ4v) is 2.49. The first-order valence-corrected chi connectivity index (χ1v) is 7.30. The quantitative estimate of drug-likeness (QED) is 0.809. The van der Waals surface area contributed by atoms with Gasteiger partial charge in [0.05, 0.1) is 0 Å². The molecule has 2 aromatic carbocycles. The molecule has 2 aromatic rings. The van der Waals surface area contributed by atoms with E-state index in [9.17, 15) is 4.39 Å². The monoisotopic (exact) mass is 291 g/mol. The molecule has 0 aliphatic carbocycles. The summed E-state index contributed by atoms with van der Waals surface area (Å²) in [6.45, 7) is 2.99. The van der Waals surface area contributed by atoms with Crippen molar-refractivity contribution < 1.29 is 4.39 Å². The molecule has 0 saturated heterocycles. The minimum Gasteiger partial charge on any atom is -0.310 e. The lowest BCUT2D eigenvalue weighted by Crippen LogP contribution is -2.24. The first kappa shape index (κ1) is 15.0. The summed E-state index contributed by atoms with van der Waals surface area (Å²) in [5.74, 6) is -0.249. The number of hydrogen-bond donors (Lipinski definition) is 1. The molecule has 0 bridgehead atoms. The van der Waals surface area contributed by atoms with Crippen molar-refractivity contribution in [3.8, 4) is 0 Å². The fourth-order valence-electron chi connectivity index (χ4n) is 2.24. The summed E-state index contributed by atoms with van der Waals surface area (Å²) in [6, 6.07) is 14.7. The maximum atomic E-state index is 13.5. The molecule has 0 radical (unpaired) electrons. The van der Waals surface area contributed by atoms with E-state index in [2.05, 4.69) is 24.4 Å². The molecular weight excluding hydrogens is 273 g/mol. The van der Waals surface area contributed by atoms with Gasteiger partial charge in [0.1, 0.15) is 5.82 Å². The molecule has 20 heavy (non-hydrogen) atoms. The zero-order chi connectivity index (χ0) is 14.4. The van der Waals surface area contributed by atoms with Gasteiger partial charge in [-0.2, -0.15) is 0 Å². The van der Waals surface area contributed by atoms with Gasteiger partial charge in [-0.15, -0.1) is 0 Å². The Bertz CT molecular complexity index is 542. The van der Waals surface area contributed by atoms with E-state index in [1.54, 1.807) is 6.07 Å². The van der Waals surface area contributed by atoms with Crippen LogP contribution in [0.5, 0.6) is 0 Å². The summed E-state index contributed by atoms with van der Waals surface area (Å²) >= 11 is 6.23. The lowest BCUT2D eigenvalue weighted by Gasteiger charge is -2.20. The van der Waals surface area contributed by atoms with Crippen LogP contribution in [0.15, 0.2) is 48.5 Å². The van der Waals surface area contributed by atoms with E-state index < -0.39 is 0 Å². The Morgan fingerprint density at radius 3 is 2.60 bits per heavy atom. The van der Waals surface area contributed by atoms with Crippen molar-refractivity contribution in [2.75, 3.05) is 6.54 Å². The molecule has 1 unspecified atom stereocenters. The minimum atomic E-state index is -0.249. The van der Waals surface area contributed by atoms with Crippen molar-refractivity contribution in [1.29, 1.82) is 0 Å². The highest BCUT2D eigenvalue weighted by molar-refractivity contribution is 6.31. The normalized spacial score (nSPS) is 12.3. The largest absolute Gasteiger partial charge is 0.310 e. The Balaban J connectivity index is 2.24. The van der Waals surface area contributed by atoms with Crippen LogP contribution >= 0.6 is 11.6 Å². The van der Waals surface area contributed by atoms with Crippen LogP contribution in [0.4, 0.5) is 4.39 Å². The second-order valence-corrected chi connectivity index (χ2v) is 5.27. The fraction of sp³-hybridized carbons (Fsp3) is 0.294. The lowest BCUT2D eigenvalue weighted by molar-refractivity contribution is 0.524. The van der Waals surface area contributed by atoms with Gasteiger partial charge in [-0.25, -0.2) is 4.39 Å². The summed E-state index contributed by atoms with van der Waals surface area (Å²) in [5, 5.41) is 4.06. The number of hydrogen-bond acceptors (Lipinski definition) is 1. The summed E-state index contributed by atoms with van der Waals surface area (Å²) < 4.78 is 13.5. The van der Waals surface area contributed by atoms with Gasteiger partial charge < -0.3 is 5.32 Å². The van der Waals surface area contributed by atoms with Gasteiger partial charge in [0, 0.05) is 11.1 Å². The van der Waals surface area contributed by atoms with Gasteiger partial charge in [-0.05, 0) is 48.7 Å². The highest BCUT2D eigenvalue weighted by Crippen LogP contribution is 2.26. The van der Waals surface area contributed by atoms with Crippen LogP contribution in [-0.2, 0) is 6.42 Å². The molecule has 0 amide bonds. The number of rotatable bonds is 6. The van der Waals surface area contributed by atoms with Crippen LogP contribution in [0.2, 0.25) is 5.02 Å². The molecule has 0 heterocycles. The molecule has 0 aromatic heterocycles. The van der Waals surface area contributed by atoms with Crippen molar-refractivity contribution in [2.45, 2.75) is 25.8 Å². The molecule has 2 rings (SSSR count). The Hall–Kier alpha value is -1.38. The van der Waals surface area contributed by atoms with Crippen LogP contribution in [0.3, 0.4) is 0 Å². The minimum absolute atomic E-state index is 0.0283. The van der Waals surface area contributed by atoms with E-state index in [1.807, 2.05) is 18.2 Å². The van der Waals surface area contributed by atoms with E-state index in [1.165, 1.54) is 17.7 Å². The highest BCUT2D eigenvalue weighted by atomic mass is 35.5. The Morgan fingerprint density at radius 2 is 1.90 bits per heavy atom. The second kappa shape index (κ2) is 7.41. The van der Waals surface area contributed by atoms with Crippen LogP contribution in [0.25, 0.3) is 0 Å². The Kier molecular flexibility index (Phi) is 5.57. The summed E-state index contributed by atoms with van der Waals surface area (Å²) in [6.07, 6.45) is 1.82. The van der Waals surface area contributed by atoms with Crippen molar-refractivity contribution in [3.63, 3.8) is 0 Å². The SMILES string of the molecule is CCCNC(Cc1ccccc1)c1cc(F)ccc1Cl. The third kappa shape index (κ3) is 4.06. The zero-order valence-electron chi connectivity index (χ0n) is 11.6. The van der Waals surface area contributed by atoms with E-state index in [0.29, 0.717) is 5.02 Å². The zero-order valence-corrected chi connectivity index (χ0v) is 12.3. The molecule has 3 heteroatoms. The molecule has 0 spiro atoms. The van der Waals surface area contributed by atoms with Crippen molar-refractivity contribution in [3.05, 3.63) is 70.5 Å². The van der Waals surface area contributed by atoms with E-state index in [4.69, 9.17) is 11.6 Å².